The Morgan fingerprint density at radius 1 is 0.677 bits per heavy atom. The zero-order valence-corrected chi connectivity index (χ0v) is 22.2. The Morgan fingerprint density at radius 3 is 1.48 bits per heavy atom. The van der Waals surface area contributed by atoms with Crippen LogP contribution in [-0.4, -0.2) is 5.54 Å². The molecule has 0 aromatic heterocycles. The fourth-order valence-electron chi connectivity index (χ4n) is 5.15. The van der Waals surface area contributed by atoms with E-state index in [1.54, 1.807) is 0 Å². The maximum atomic E-state index is 4.55. The van der Waals surface area contributed by atoms with Crippen LogP contribution in [0.2, 0.25) is 0 Å². The molecule has 0 aliphatic rings. The molecule has 3 N–H and O–H groups in total. The summed E-state index contributed by atoms with van der Waals surface area (Å²) in [6.07, 6.45) is 22.6. The lowest BCUT2D eigenvalue weighted by Crippen LogP contribution is -3.00. The fourth-order valence-corrected chi connectivity index (χ4v) is 5.15. The van der Waals surface area contributed by atoms with E-state index in [4.69, 9.17) is 0 Å². The van der Waals surface area contributed by atoms with E-state index in [1.165, 1.54) is 108 Å². The molecule has 182 valence electrons. The molecule has 0 aliphatic heterocycles. The Hall–Kier alpha value is -0.530. The van der Waals surface area contributed by atoms with Gasteiger partial charge in [0, 0.05) is 5.92 Å². The normalized spacial score (nSPS) is 13.6. The lowest BCUT2D eigenvalue weighted by molar-refractivity contribution is -0.482. The van der Waals surface area contributed by atoms with E-state index in [1.807, 2.05) is 0 Å². The van der Waals surface area contributed by atoms with Crippen molar-refractivity contribution in [2.24, 2.45) is 5.92 Å². The van der Waals surface area contributed by atoms with Crippen LogP contribution in [0.15, 0.2) is 30.3 Å². The molecule has 2 atom stereocenters. The van der Waals surface area contributed by atoms with Crippen LogP contribution in [0.5, 0.6) is 0 Å². The highest BCUT2D eigenvalue weighted by Crippen LogP contribution is 2.36. The molecule has 2 heteroatoms. The molecule has 1 nitrogen and oxygen atoms in total. The van der Waals surface area contributed by atoms with Crippen molar-refractivity contribution in [3.05, 3.63) is 35.9 Å². The summed E-state index contributed by atoms with van der Waals surface area (Å²) in [6, 6.07) is 11.2. The van der Waals surface area contributed by atoms with Gasteiger partial charge in [0.1, 0.15) is 0 Å². The Balaban J connectivity index is 0.00000900. The Labute approximate surface area is 201 Å². The van der Waals surface area contributed by atoms with Crippen molar-refractivity contribution in [3.63, 3.8) is 0 Å². The smallest absolute Gasteiger partial charge is 0.0923 e. The number of hydrogen-bond donors (Lipinski definition) is 1. The maximum Gasteiger partial charge on any atom is 0.0923 e. The number of benzene rings is 1. The van der Waals surface area contributed by atoms with E-state index in [0.717, 1.165) is 0 Å². The number of quaternary nitrogens is 1. The number of rotatable bonds is 19. The van der Waals surface area contributed by atoms with Gasteiger partial charge in [-0.05, 0) is 38.2 Å². The van der Waals surface area contributed by atoms with Crippen molar-refractivity contribution in [2.45, 2.75) is 142 Å². The highest BCUT2D eigenvalue weighted by atomic mass is 35.5. The van der Waals surface area contributed by atoms with Crippen molar-refractivity contribution >= 4 is 0 Å². The largest absolute Gasteiger partial charge is 1.00 e. The van der Waals surface area contributed by atoms with Gasteiger partial charge in [0.05, 0.1) is 5.54 Å². The third kappa shape index (κ3) is 14.3. The van der Waals surface area contributed by atoms with Crippen LogP contribution >= 0.6 is 0 Å². The van der Waals surface area contributed by atoms with E-state index in [9.17, 15) is 0 Å². The van der Waals surface area contributed by atoms with Gasteiger partial charge in [-0.3, -0.25) is 0 Å². The van der Waals surface area contributed by atoms with E-state index >= 15 is 0 Å². The average Bonchev–Trinajstić information content (AvgIpc) is 2.73. The molecular weight excluding hydrogens is 398 g/mol. The zero-order chi connectivity index (χ0) is 22.1. The third-order valence-corrected chi connectivity index (χ3v) is 7.03. The quantitative estimate of drug-likeness (QED) is 0.261. The van der Waals surface area contributed by atoms with Crippen LogP contribution in [0.3, 0.4) is 0 Å². The second kappa shape index (κ2) is 19.0. The van der Waals surface area contributed by atoms with Gasteiger partial charge < -0.3 is 18.1 Å². The molecule has 0 aliphatic carbocycles. The first-order valence-electron chi connectivity index (χ1n) is 13.4. The minimum absolute atomic E-state index is 0. The van der Waals surface area contributed by atoms with Crippen molar-refractivity contribution in [3.8, 4) is 0 Å². The van der Waals surface area contributed by atoms with E-state index in [2.05, 4.69) is 63.8 Å². The number of hydrogen-bond acceptors (Lipinski definition) is 0. The first-order valence-corrected chi connectivity index (χ1v) is 13.4. The second-order valence-corrected chi connectivity index (χ2v) is 10.4. The van der Waals surface area contributed by atoms with Crippen LogP contribution in [0.25, 0.3) is 0 Å². The summed E-state index contributed by atoms with van der Waals surface area (Å²) < 4.78 is 0. The van der Waals surface area contributed by atoms with Gasteiger partial charge in [0.2, 0.25) is 0 Å². The molecule has 0 saturated carbocycles. The van der Waals surface area contributed by atoms with E-state index < -0.39 is 0 Å². The first kappa shape index (κ1) is 30.5. The van der Waals surface area contributed by atoms with Gasteiger partial charge in [0.25, 0.3) is 0 Å². The molecule has 0 saturated heterocycles. The number of halogens is 1. The molecule has 1 aromatic rings. The number of unbranched alkanes of at least 4 members (excludes halogenated alkanes) is 13. The minimum Gasteiger partial charge on any atom is -1.00 e. The van der Waals surface area contributed by atoms with Crippen LogP contribution < -0.4 is 18.1 Å². The summed E-state index contributed by atoms with van der Waals surface area (Å²) in [5.74, 6) is 1.31. The van der Waals surface area contributed by atoms with Crippen molar-refractivity contribution in [1.29, 1.82) is 0 Å². The van der Waals surface area contributed by atoms with Gasteiger partial charge >= 0.3 is 0 Å². The zero-order valence-electron chi connectivity index (χ0n) is 21.4. The topological polar surface area (TPSA) is 27.6 Å². The van der Waals surface area contributed by atoms with Gasteiger partial charge in [-0.1, -0.05) is 134 Å². The van der Waals surface area contributed by atoms with Crippen LogP contribution in [-0.2, 0) is 0 Å². The Kier molecular flexibility index (Phi) is 18.7. The minimum atomic E-state index is 0. The molecule has 0 spiro atoms. The molecule has 0 bridgehead atoms. The van der Waals surface area contributed by atoms with E-state index in [-0.39, 0.29) is 17.9 Å². The predicted molar refractivity (Wildman–Crippen MR) is 135 cm³/mol. The van der Waals surface area contributed by atoms with Crippen molar-refractivity contribution in [1.82, 2.24) is 0 Å². The Morgan fingerprint density at radius 2 is 1.10 bits per heavy atom. The summed E-state index contributed by atoms with van der Waals surface area (Å²) in [6.45, 7) is 9.33. The highest BCUT2D eigenvalue weighted by molar-refractivity contribution is 5.21. The monoisotopic (exact) mass is 451 g/mol. The Bertz CT molecular complexity index is 493. The van der Waals surface area contributed by atoms with Crippen molar-refractivity contribution < 1.29 is 18.1 Å². The maximum absolute atomic E-state index is 4.55. The van der Waals surface area contributed by atoms with Gasteiger partial charge in [-0.25, -0.2) is 0 Å². The molecule has 1 rings (SSSR count). The molecule has 0 heterocycles. The highest BCUT2D eigenvalue weighted by Gasteiger charge is 2.35. The summed E-state index contributed by atoms with van der Waals surface area (Å²) in [4.78, 5) is 0. The van der Waals surface area contributed by atoms with Gasteiger partial charge in [-0.15, -0.1) is 0 Å². The van der Waals surface area contributed by atoms with Crippen LogP contribution in [0.4, 0.5) is 0 Å². The average molecular weight is 452 g/mol. The fraction of sp³-hybridized carbons (Fsp3) is 0.793. The first-order chi connectivity index (χ1) is 14.5. The molecule has 31 heavy (non-hydrogen) atoms. The molecular formula is C29H54ClN. The SMILES string of the molecule is CCCCCCCCCCCCCCCCC(C(CC)c1ccccc1)C(C)(C)[NH3+].[Cl-]. The lowest BCUT2D eigenvalue weighted by Gasteiger charge is -2.34. The molecule has 1 aromatic carbocycles. The standard InChI is InChI=1S/C29H53N.ClH/c1-5-7-8-9-10-11-12-13-14-15-16-17-18-22-25-28(29(3,4)30)27(6-2)26-23-20-19-21-24-26;/h19-21,23-24,27-28H,5-18,22,25,30H2,1-4H3;1H. The van der Waals surface area contributed by atoms with Crippen LogP contribution in [0, 0.1) is 5.92 Å². The van der Waals surface area contributed by atoms with Gasteiger partial charge in [0.15, 0.2) is 0 Å². The van der Waals surface area contributed by atoms with Crippen LogP contribution in [0.1, 0.15) is 142 Å². The van der Waals surface area contributed by atoms with E-state index in [0.29, 0.717) is 11.8 Å². The molecule has 0 amide bonds. The summed E-state index contributed by atoms with van der Waals surface area (Å²) in [5.41, 5.74) is 6.19. The van der Waals surface area contributed by atoms with Crippen molar-refractivity contribution in [2.75, 3.05) is 0 Å². The molecule has 2 unspecified atom stereocenters. The summed E-state index contributed by atoms with van der Waals surface area (Å²) in [5, 5.41) is 0. The molecule has 0 fully saturated rings. The molecule has 0 radical (unpaired) electrons. The predicted octanol–water partition coefficient (Wildman–Crippen LogP) is 5.69. The van der Waals surface area contributed by atoms with Gasteiger partial charge in [-0.2, -0.15) is 0 Å². The summed E-state index contributed by atoms with van der Waals surface area (Å²) >= 11 is 0. The lowest BCUT2D eigenvalue weighted by atomic mass is 9.71. The summed E-state index contributed by atoms with van der Waals surface area (Å²) in [7, 11) is 0. The third-order valence-electron chi connectivity index (χ3n) is 7.03. The second-order valence-electron chi connectivity index (χ2n) is 10.4.